The van der Waals surface area contributed by atoms with E-state index in [1.165, 1.54) is 31.4 Å². The predicted octanol–water partition coefficient (Wildman–Crippen LogP) is 5.00. The third-order valence-electron chi connectivity index (χ3n) is 3.36. The molecule has 4 nitrogen and oxygen atoms in total. The molecule has 0 unspecified atom stereocenters. The maximum Gasteiger partial charge on any atom is 0.261 e. The van der Waals surface area contributed by atoms with E-state index in [1.54, 1.807) is 11.4 Å². The van der Waals surface area contributed by atoms with Gasteiger partial charge in [-0.3, -0.25) is 10.1 Å². The molecule has 1 amide bonds. The monoisotopic (exact) mass is 380 g/mol. The summed E-state index contributed by atoms with van der Waals surface area (Å²) in [5, 5.41) is 4.40. The van der Waals surface area contributed by atoms with E-state index in [9.17, 15) is 13.6 Å². The molecule has 0 aliphatic rings. The minimum absolute atomic E-state index is 0.00602. The van der Waals surface area contributed by atoms with Gasteiger partial charge in [-0.25, -0.2) is 13.8 Å². The fourth-order valence-electron chi connectivity index (χ4n) is 2.16. The van der Waals surface area contributed by atoms with E-state index in [2.05, 4.69) is 10.3 Å². The number of rotatable bonds is 4. The fraction of sp³-hybridized carbons (Fsp3) is 0.0588. The van der Waals surface area contributed by atoms with Gasteiger partial charge in [-0.15, -0.1) is 11.3 Å². The molecule has 0 radical (unpaired) electrons. The SMILES string of the molecule is COc1ccc(-c2csc(NC(=O)c3c(F)cccc3Cl)n2)cc1F. The van der Waals surface area contributed by atoms with Crippen LogP contribution in [0.5, 0.6) is 5.75 Å². The van der Waals surface area contributed by atoms with Crippen molar-refractivity contribution in [1.29, 1.82) is 0 Å². The Morgan fingerprint density at radius 2 is 2.04 bits per heavy atom. The average Bonchev–Trinajstić information content (AvgIpc) is 3.03. The van der Waals surface area contributed by atoms with Gasteiger partial charge in [-0.1, -0.05) is 17.7 Å². The Morgan fingerprint density at radius 1 is 1.24 bits per heavy atom. The zero-order chi connectivity index (χ0) is 18.0. The van der Waals surface area contributed by atoms with Crippen molar-refractivity contribution in [2.45, 2.75) is 0 Å². The van der Waals surface area contributed by atoms with Crippen LogP contribution in [0.4, 0.5) is 13.9 Å². The maximum atomic E-state index is 13.8. The van der Waals surface area contributed by atoms with Crippen molar-refractivity contribution in [2.75, 3.05) is 12.4 Å². The summed E-state index contributed by atoms with van der Waals surface area (Å²) in [5.74, 6) is -1.82. The topological polar surface area (TPSA) is 51.2 Å². The third-order valence-corrected chi connectivity index (χ3v) is 4.43. The number of hydrogen-bond donors (Lipinski definition) is 1. The highest BCUT2D eigenvalue weighted by atomic mass is 35.5. The van der Waals surface area contributed by atoms with Crippen molar-refractivity contribution >= 4 is 34.0 Å². The van der Waals surface area contributed by atoms with Gasteiger partial charge in [0.15, 0.2) is 16.7 Å². The number of halogens is 3. The minimum atomic E-state index is -0.723. The lowest BCUT2D eigenvalue weighted by molar-refractivity contribution is 0.102. The van der Waals surface area contributed by atoms with E-state index in [-0.39, 0.29) is 21.5 Å². The van der Waals surface area contributed by atoms with Crippen molar-refractivity contribution in [3.05, 3.63) is 64.0 Å². The highest BCUT2D eigenvalue weighted by Gasteiger charge is 2.17. The number of anilines is 1. The van der Waals surface area contributed by atoms with Crippen molar-refractivity contribution in [3.63, 3.8) is 0 Å². The first-order valence-electron chi connectivity index (χ1n) is 7.04. The summed E-state index contributed by atoms with van der Waals surface area (Å²) in [5.41, 5.74) is 0.747. The number of methoxy groups -OCH3 is 1. The Kier molecular flexibility index (Phi) is 4.96. The van der Waals surface area contributed by atoms with Crippen LogP contribution < -0.4 is 10.1 Å². The minimum Gasteiger partial charge on any atom is -0.494 e. The number of thiazole rings is 1. The second-order valence-electron chi connectivity index (χ2n) is 4.94. The van der Waals surface area contributed by atoms with Gasteiger partial charge in [0, 0.05) is 10.9 Å². The highest BCUT2D eigenvalue weighted by Crippen LogP contribution is 2.29. The summed E-state index contributed by atoms with van der Waals surface area (Å²) >= 11 is 7.00. The Labute approximate surface area is 151 Å². The molecule has 3 rings (SSSR count). The standard InChI is InChI=1S/C17H11ClF2N2O2S/c1-24-14-6-5-9(7-12(14)20)13-8-25-17(21-13)22-16(23)15-10(18)3-2-4-11(15)19/h2-8H,1H3,(H,21,22,23). The molecule has 0 spiro atoms. The van der Waals surface area contributed by atoms with Crippen molar-refractivity contribution in [3.8, 4) is 17.0 Å². The summed E-state index contributed by atoms with van der Waals surface area (Å²) in [4.78, 5) is 16.4. The largest absolute Gasteiger partial charge is 0.494 e. The first kappa shape index (κ1) is 17.3. The zero-order valence-electron chi connectivity index (χ0n) is 12.8. The molecular formula is C17H11ClF2N2O2S. The van der Waals surface area contributed by atoms with Gasteiger partial charge in [-0.2, -0.15) is 0 Å². The second-order valence-corrected chi connectivity index (χ2v) is 6.20. The molecule has 0 aliphatic carbocycles. The molecule has 2 aromatic carbocycles. The lowest BCUT2D eigenvalue weighted by Crippen LogP contribution is -2.14. The molecule has 128 valence electrons. The van der Waals surface area contributed by atoms with Gasteiger partial charge in [0.25, 0.3) is 5.91 Å². The number of carbonyl (C=O) groups is 1. The highest BCUT2D eigenvalue weighted by molar-refractivity contribution is 7.14. The molecular weight excluding hydrogens is 370 g/mol. The van der Waals surface area contributed by atoms with Crippen LogP contribution in [0.2, 0.25) is 5.02 Å². The van der Waals surface area contributed by atoms with E-state index >= 15 is 0 Å². The van der Waals surface area contributed by atoms with E-state index in [0.29, 0.717) is 11.3 Å². The van der Waals surface area contributed by atoms with Crippen molar-refractivity contribution < 1.29 is 18.3 Å². The molecule has 0 saturated carbocycles. The molecule has 3 aromatic rings. The molecule has 0 aliphatic heterocycles. The van der Waals surface area contributed by atoms with Crippen LogP contribution in [0.25, 0.3) is 11.3 Å². The fourth-order valence-corrected chi connectivity index (χ4v) is 3.13. The van der Waals surface area contributed by atoms with E-state index < -0.39 is 17.5 Å². The van der Waals surface area contributed by atoms with Crippen LogP contribution in [0.3, 0.4) is 0 Å². The van der Waals surface area contributed by atoms with Gasteiger partial charge in [0.05, 0.1) is 23.4 Å². The van der Waals surface area contributed by atoms with Crippen LogP contribution in [-0.4, -0.2) is 18.0 Å². The average molecular weight is 381 g/mol. The van der Waals surface area contributed by atoms with E-state index in [1.807, 2.05) is 0 Å². The van der Waals surface area contributed by atoms with Crippen LogP contribution in [-0.2, 0) is 0 Å². The molecule has 0 saturated heterocycles. The van der Waals surface area contributed by atoms with Gasteiger partial charge < -0.3 is 4.74 Å². The normalized spacial score (nSPS) is 10.6. The number of benzene rings is 2. The summed E-state index contributed by atoms with van der Waals surface area (Å²) in [6, 6.07) is 8.40. The number of hydrogen-bond acceptors (Lipinski definition) is 4. The predicted molar refractivity (Wildman–Crippen MR) is 93.4 cm³/mol. The molecule has 1 heterocycles. The van der Waals surface area contributed by atoms with Gasteiger partial charge in [-0.05, 0) is 30.3 Å². The first-order valence-corrected chi connectivity index (χ1v) is 8.30. The number of aromatic nitrogens is 1. The Bertz CT molecular complexity index is 926. The molecule has 1 aromatic heterocycles. The second kappa shape index (κ2) is 7.16. The molecule has 25 heavy (non-hydrogen) atoms. The van der Waals surface area contributed by atoms with Crippen molar-refractivity contribution in [2.24, 2.45) is 0 Å². The van der Waals surface area contributed by atoms with Gasteiger partial charge in [0.2, 0.25) is 0 Å². The lowest BCUT2D eigenvalue weighted by atomic mass is 10.1. The van der Waals surface area contributed by atoms with Crippen molar-refractivity contribution in [1.82, 2.24) is 4.98 Å². The Balaban J connectivity index is 1.82. The van der Waals surface area contributed by atoms with Crippen LogP contribution in [0.15, 0.2) is 41.8 Å². The quantitative estimate of drug-likeness (QED) is 0.692. The molecule has 0 bridgehead atoms. The van der Waals surface area contributed by atoms with E-state index in [0.717, 1.165) is 17.4 Å². The number of amides is 1. The van der Waals surface area contributed by atoms with Gasteiger partial charge in [0.1, 0.15) is 5.82 Å². The smallest absolute Gasteiger partial charge is 0.261 e. The number of ether oxygens (including phenoxy) is 1. The lowest BCUT2D eigenvalue weighted by Gasteiger charge is -2.05. The molecule has 1 N–H and O–H groups in total. The summed E-state index contributed by atoms with van der Waals surface area (Å²) < 4.78 is 32.4. The van der Waals surface area contributed by atoms with Gasteiger partial charge >= 0.3 is 0 Å². The summed E-state index contributed by atoms with van der Waals surface area (Å²) in [7, 11) is 1.38. The van der Waals surface area contributed by atoms with E-state index in [4.69, 9.17) is 16.3 Å². The Hall–Kier alpha value is -2.51. The number of nitrogens with one attached hydrogen (secondary N) is 1. The zero-order valence-corrected chi connectivity index (χ0v) is 14.4. The molecule has 0 atom stereocenters. The molecule has 0 fully saturated rings. The van der Waals surface area contributed by atoms with Crippen LogP contribution >= 0.6 is 22.9 Å². The molecule has 8 heteroatoms. The summed E-state index contributed by atoms with van der Waals surface area (Å²) in [6.45, 7) is 0. The van der Waals surface area contributed by atoms with Crippen LogP contribution in [0, 0.1) is 11.6 Å². The maximum absolute atomic E-state index is 13.8. The third kappa shape index (κ3) is 3.62. The number of nitrogens with zero attached hydrogens (tertiary/aromatic N) is 1. The van der Waals surface area contributed by atoms with Crippen LogP contribution in [0.1, 0.15) is 10.4 Å². The summed E-state index contributed by atoms with van der Waals surface area (Å²) in [6.07, 6.45) is 0. The Morgan fingerprint density at radius 3 is 2.72 bits per heavy atom. The number of carbonyl (C=O) groups excluding carboxylic acids is 1. The first-order chi connectivity index (χ1) is 12.0.